The van der Waals surface area contributed by atoms with Crippen LogP contribution in [0.25, 0.3) is 5.69 Å². The van der Waals surface area contributed by atoms with E-state index in [9.17, 15) is 4.79 Å². The van der Waals surface area contributed by atoms with Gasteiger partial charge in [-0.2, -0.15) is 0 Å². The molecule has 0 aliphatic heterocycles. The first-order valence-corrected chi connectivity index (χ1v) is 7.75. The molecular formula is C17H17ClN3O2+. The van der Waals surface area contributed by atoms with Crippen LogP contribution in [-0.4, -0.2) is 11.8 Å². The number of hydrogen-bond donors (Lipinski definition) is 2. The van der Waals surface area contributed by atoms with Crippen molar-refractivity contribution >= 4 is 11.6 Å². The molecule has 0 amide bonds. The number of aromatic amines is 1. The summed E-state index contributed by atoms with van der Waals surface area (Å²) < 4.78 is 6.56. The number of para-hydroxylation sites is 1. The van der Waals surface area contributed by atoms with E-state index in [4.69, 9.17) is 16.1 Å². The van der Waals surface area contributed by atoms with Crippen molar-refractivity contribution in [2.24, 2.45) is 0 Å². The van der Waals surface area contributed by atoms with Gasteiger partial charge in [-0.15, -0.1) is 0 Å². The first-order valence-electron chi connectivity index (χ1n) is 7.37. The van der Waals surface area contributed by atoms with Gasteiger partial charge in [-0.1, -0.05) is 41.9 Å². The summed E-state index contributed by atoms with van der Waals surface area (Å²) in [6.45, 7) is 1.18. The third-order valence-electron chi connectivity index (χ3n) is 3.55. The largest absolute Gasteiger partial charge is 0.431 e. The van der Waals surface area contributed by atoms with Gasteiger partial charge in [0.2, 0.25) is 5.69 Å². The zero-order chi connectivity index (χ0) is 16.1. The topological polar surface area (TPSA) is 61.9 Å². The summed E-state index contributed by atoms with van der Waals surface area (Å²) in [5.41, 5.74) is 2.21. The Kier molecular flexibility index (Phi) is 4.90. The van der Waals surface area contributed by atoms with Crippen LogP contribution in [-0.2, 0) is 13.0 Å². The minimum absolute atomic E-state index is 0.368. The Bertz CT molecular complexity index is 810. The Morgan fingerprint density at radius 3 is 2.57 bits per heavy atom. The molecule has 1 heterocycles. The zero-order valence-electron chi connectivity index (χ0n) is 12.5. The lowest BCUT2D eigenvalue weighted by Gasteiger charge is -2.02. The summed E-state index contributed by atoms with van der Waals surface area (Å²) >= 11 is 5.87. The number of nitrogens with zero attached hydrogens (tertiary/aromatic N) is 1. The zero-order valence-corrected chi connectivity index (χ0v) is 13.2. The van der Waals surface area contributed by atoms with Crippen molar-refractivity contribution in [2.45, 2.75) is 13.0 Å². The molecule has 6 heteroatoms. The molecule has 0 bridgehead atoms. The van der Waals surface area contributed by atoms with Crippen molar-refractivity contribution in [3.63, 3.8) is 0 Å². The lowest BCUT2D eigenvalue weighted by molar-refractivity contribution is -0.677. The molecule has 0 saturated heterocycles. The second-order valence-corrected chi connectivity index (χ2v) is 5.59. The third-order valence-corrected chi connectivity index (χ3v) is 3.80. The molecule has 2 N–H and O–H groups in total. The van der Waals surface area contributed by atoms with E-state index in [2.05, 4.69) is 10.6 Å². The number of benzene rings is 2. The highest BCUT2D eigenvalue weighted by molar-refractivity contribution is 6.30. The van der Waals surface area contributed by atoms with E-state index >= 15 is 0 Å². The molecule has 3 aromatic rings. The average molecular weight is 331 g/mol. The first-order chi connectivity index (χ1) is 11.2. The van der Waals surface area contributed by atoms with E-state index in [1.54, 1.807) is 4.68 Å². The molecule has 0 unspecified atom stereocenters. The van der Waals surface area contributed by atoms with Gasteiger partial charge in [0.1, 0.15) is 0 Å². The second kappa shape index (κ2) is 7.26. The Labute approximate surface area is 138 Å². The number of hydrogen-bond acceptors (Lipinski definition) is 3. The SMILES string of the molecule is O=c1o[nH][n+](-c2ccccc2)c1CNCCc1ccc(Cl)cc1. The fourth-order valence-corrected chi connectivity index (χ4v) is 2.45. The number of halogens is 1. The lowest BCUT2D eigenvalue weighted by atomic mass is 10.1. The van der Waals surface area contributed by atoms with Crippen molar-refractivity contribution in [3.8, 4) is 5.69 Å². The molecule has 0 aliphatic rings. The highest BCUT2D eigenvalue weighted by Crippen LogP contribution is 2.09. The van der Waals surface area contributed by atoms with Crippen molar-refractivity contribution in [1.29, 1.82) is 0 Å². The van der Waals surface area contributed by atoms with E-state index in [1.807, 2.05) is 54.6 Å². The molecule has 0 aliphatic carbocycles. The van der Waals surface area contributed by atoms with Crippen LogP contribution in [0.1, 0.15) is 11.3 Å². The summed E-state index contributed by atoms with van der Waals surface area (Å²) in [6, 6.07) is 17.3. The predicted octanol–water partition coefficient (Wildman–Crippen LogP) is 2.23. The Hall–Kier alpha value is -2.37. The van der Waals surface area contributed by atoms with Crippen LogP contribution in [0.5, 0.6) is 0 Å². The Balaban J connectivity index is 1.61. The summed E-state index contributed by atoms with van der Waals surface area (Å²) in [4.78, 5) is 11.8. The van der Waals surface area contributed by atoms with Gasteiger partial charge in [-0.05, 0) is 40.6 Å². The normalized spacial score (nSPS) is 10.8. The maximum absolute atomic E-state index is 11.8. The third kappa shape index (κ3) is 3.88. The molecule has 0 atom stereocenters. The van der Waals surface area contributed by atoms with Gasteiger partial charge in [0.05, 0.1) is 6.54 Å². The van der Waals surface area contributed by atoms with E-state index in [0.29, 0.717) is 12.2 Å². The van der Waals surface area contributed by atoms with E-state index in [1.165, 1.54) is 5.56 Å². The molecule has 0 saturated carbocycles. The maximum atomic E-state index is 11.8. The van der Waals surface area contributed by atoms with E-state index < -0.39 is 0 Å². The fraction of sp³-hybridized carbons (Fsp3) is 0.176. The highest BCUT2D eigenvalue weighted by Gasteiger charge is 2.22. The van der Waals surface area contributed by atoms with Gasteiger partial charge in [0.15, 0.2) is 0 Å². The van der Waals surface area contributed by atoms with Crippen LogP contribution in [0.15, 0.2) is 63.9 Å². The fourth-order valence-electron chi connectivity index (χ4n) is 2.32. The average Bonchev–Trinajstić information content (AvgIpc) is 2.95. The van der Waals surface area contributed by atoms with Gasteiger partial charge in [-0.25, -0.2) is 4.79 Å². The van der Waals surface area contributed by atoms with Crippen molar-refractivity contribution < 1.29 is 9.20 Å². The molecule has 1 aromatic heterocycles. The summed E-state index contributed by atoms with van der Waals surface area (Å²) in [7, 11) is 0. The van der Waals surface area contributed by atoms with Gasteiger partial charge in [0, 0.05) is 17.2 Å². The summed E-state index contributed by atoms with van der Waals surface area (Å²) in [5, 5.41) is 6.63. The molecule has 0 fully saturated rings. The molecule has 23 heavy (non-hydrogen) atoms. The van der Waals surface area contributed by atoms with E-state index in [0.717, 1.165) is 23.7 Å². The van der Waals surface area contributed by atoms with Gasteiger partial charge < -0.3 is 5.32 Å². The van der Waals surface area contributed by atoms with E-state index in [-0.39, 0.29) is 5.63 Å². The standard InChI is InChI=1S/C17H16ClN3O2/c18-14-8-6-13(7-9-14)10-11-19-12-16-17(22)23-20-21(16)15-4-2-1-3-5-15/h1-9,19H,10-12H2/p+1. The number of H-pyrrole nitrogens is 1. The summed E-state index contributed by atoms with van der Waals surface area (Å²) in [5.74, 6) is 0. The minimum atomic E-state index is -0.368. The molecule has 2 aromatic carbocycles. The van der Waals surface area contributed by atoms with Crippen LogP contribution in [0.3, 0.4) is 0 Å². The summed E-state index contributed by atoms with van der Waals surface area (Å²) in [6.07, 6.45) is 0.859. The number of nitrogens with one attached hydrogen (secondary N) is 2. The number of aromatic nitrogens is 2. The predicted molar refractivity (Wildman–Crippen MR) is 87.7 cm³/mol. The van der Waals surface area contributed by atoms with Gasteiger partial charge in [-0.3, -0.25) is 4.52 Å². The van der Waals surface area contributed by atoms with Crippen LogP contribution in [0, 0.1) is 0 Å². The molecule has 5 nitrogen and oxygen atoms in total. The van der Waals surface area contributed by atoms with Gasteiger partial charge in [0.25, 0.3) is 0 Å². The number of rotatable bonds is 6. The first kappa shape index (κ1) is 15.5. The quantitative estimate of drug-likeness (QED) is 0.538. The molecular weight excluding hydrogens is 314 g/mol. The molecule has 0 radical (unpaired) electrons. The highest BCUT2D eigenvalue weighted by atomic mass is 35.5. The second-order valence-electron chi connectivity index (χ2n) is 5.15. The van der Waals surface area contributed by atoms with Crippen LogP contribution in [0.2, 0.25) is 5.02 Å². The monoisotopic (exact) mass is 330 g/mol. The van der Waals surface area contributed by atoms with Gasteiger partial charge >= 0.3 is 11.3 Å². The lowest BCUT2D eigenvalue weighted by Crippen LogP contribution is -2.41. The molecule has 0 spiro atoms. The molecule has 3 rings (SSSR count). The van der Waals surface area contributed by atoms with Crippen LogP contribution < -0.4 is 15.6 Å². The van der Waals surface area contributed by atoms with Crippen LogP contribution in [0.4, 0.5) is 0 Å². The van der Waals surface area contributed by atoms with Crippen molar-refractivity contribution in [3.05, 3.63) is 81.3 Å². The molecule has 118 valence electrons. The van der Waals surface area contributed by atoms with Crippen LogP contribution >= 0.6 is 11.6 Å². The van der Waals surface area contributed by atoms with Crippen molar-refractivity contribution in [1.82, 2.24) is 10.6 Å². The smallest absolute Gasteiger partial charge is 0.307 e. The Morgan fingerprint density at radius 2 is 1.83 bits per heavy atom. The maximum Gasteiger partial charge on any atom is 0.431 e. The minimum Gasteiger partial charge on any atom is -0.307 e. The van der Waals surface area contributed by atoms with Crippen molar-refractivity contribution in [2.75, 3.05) is 6.54 Å². The Morgan fingerprint density at radius 1 is 1.09 bits per heavy atom.